The molecule has 0 fully saturated rings. The summed E-state index contributed by atoms with van der Waals surface area (Å²) in [6, 6.07) is 2.60. The fraction of sp³-hybridized carbons (Fsp3) is 0.429. The number of fused-ring (bicyclic) bond motifs is 1. The summed E-state index contributed by atoms with van der Waals surface area (Å²) in [5, 5.41) is 0. The van der Waals surface area contributed by atoms with Crippen LogP contribution in [0.4, 0.5) is 5.69 Å². The quantitative estimate of drug-likeness (QED) is 0.551. The Kier molecular flexibility index (Phi) is 1.61. The van der Waals surface area contributed by atoms with Crippen LogP contribution in [-0.4, -0.2) is 11.0 Å². The molecule has 4 heteroatoms. The van der Waals surface area contributed by atoms with Crippen molar-refractivity contribution >= 4 is 28.6 Å². The zero-order valence-electron chi connectivity index (χ0n) is 6.21. The van der Waals surface area contributed by atoms with Crippen molar-refractivity contribution in [3.05, 3.63) is 18.0 Å². The molecule has 0 radical (unpaired) electrons. The Bertz CT molecular complexity index is 246. The van der Waals surface area contributed by atoms with Crippen molar-refractivity contribution in [3.63, 3.8) is 0 Å². The molecule has 0 amide bonds. The molecule has 2 unspecified atom stereocenters. The van der Waals surface area contributed by atoms with Crippen molar-refractivity contribution in [1.29, 1.82) is 0 Å². The standard InChI is InChI=1S/C7H10IN3/c1-4-6(9)7-5(11(4)8)2-3-10-7/h2-4,6,10H,9H2,1H3. The number of H-pyrrole nitrogens is 1. The van der Waals surface area contributed by atoms with Gasteiger partial charge >= 0.3 is 0 Å². The summed E-state index contributed by atoms with van der Waals surface area (Å²) in [5.74, 6) is 0. The lowest BCUT2D eigenvalue weighted by molar-refractivity contribution is 0.630. The molecule has 0 aromatic carbocycles. The molecular weight excluding hydrogens is 253 g/mol. The average Bonchev–Trinajstić information content (AvgIpc) is 2.53. The summed E-state index contributed by atoms with van der Waals surface area (Å²) in [6.07, 6.45) is 1.93. The topological polar surface area (TPSA) is 45.1 Å². The summed E-state index contributed by atoms with van der Waals surface area (Å²) in [5.41, 5.74) is 8.33. The average molecular weight is 263 g/mol. The zero-order chi connectivity index (χ0) is 8.01. The van der Waals surface area contributed by atoms with Crippen molar-refractivity contribution in [2.75, 3.05) is 3.11 Å². The van der Waals surface area contributed by atoms with E-state index in [0.717, 1.165) is 5.69 Å². The largest absolute Gasteiger partial charge is 0.362 e. The predicted octanol–water partition coefficient (Wildman–Crippen LogP) is 1.57. The fourth-order valence-electron chi connectivity index (χ4n) is 1.43. The van der Waals surface area contributed by atoms with Crippen LogP contribution in [0.2, 0.25) is 0 Å². The van der Waals surface area contributed by atoms with Crippen LogP contribution in [0.5, 0.6) is 0 Å². The first-order valence-electron chi connectivity index (χ1n) is 3.59. The number of nitrogens with one attached hydrogen (secondary N) is 1. The van der Waals surface area contributed by atoms with Gasteiger partial charge in [-0.05, 0) is 13.0 Å². The van der Waals surface area contributed by atoms with Gasteiger partial charge in [0.2, 0.25) is 0 Å². The smallest absolute Gasteiger partial charge is 0.0685 e. The van der Waals surface area contributed by atoms with Gasteiger partial charge in [0, 0.05) is 6.20 Å². The van der Waals surface area contributed by atoms with Gasteiger partial charge < -0.3 is 13.8 Å². The van der Waals surface area contributed by atoms with Crippen LogP contribution in [-0.2, 0) is 0 Å². The van der Waals surface area contributed by atoms with Crippen LogP contribution in [0.25, 0.3) is 0 Å². The van der Waals surface area contributed by atoms with E-state index < -0.39 is 0 Å². The Labute approximate surface area is 79.4 Å². The van der Waals surface area contributed by atoms with Gasteiger partial charge in [0.25, 0.3) is 0 Å². The minimum Gasteiger partial charge on any atom is -0.362 e. The third-order valence-corrected chi connectivity index (χ3v) is 3.60. The molecule has 0 saturated heterocycles. The molecule has 11 heavy (non-hydrogen) atoms. The number of nitrogens with zero attached hydrogens (tertiary/aromatic N) is 1. The molecule has 0 spiro atoms. The second kappa shape index (κ2) is 2.38. The molecule has 3 N–H and O–H groups in total. The third kappa shape index (κ3) is 0.888. The SMILES string of the molecule is CC1C(N)c2[nH]ccc2N1I. The third-order valence-electron chi connectivity index (χ3n) is 2.20. The normalized spacial score (nSPS) is 29.2. The van der Waals surface area contributed by atoms with E-state index in [0.29, 0.717) is 6.04 Å². The maximum atomic E-state index is 5.95. The van der Waals surface area contributed by atoms with E-state index in [4.69, 9.17) is 5.73 Å². The number of anilines is 1. The van der Waals surface area contributed by atoms with Gasteiger partial charge in [-0.1, -0.05) is 0 Å². The fourth-order valence-corrected chi connectivity index (χ4v) is 2.20. The van der Waals surface area contributed by atoms with E-state index in [-0.39, 0.29) is 6.04 Å². The number of hydrogen-bond acceptors (Lipinski definition) is 2. The summed E-state index contributed by atoms with van der Waals surface area (Å²) in [7, 11) is 0. The summed E-state index contributed by atoms with van der Waals surface area (Å²) >= 11 is 2.29. The van der Waals surface area contributed by atoms with Gasteiger partial charge in [-0.3, -0.25) is 0 Å². The Morgan fingerprint density at radius 2 is 2.45 bits per heavy atom. The molecule has 1 aromatic heterocycles. The number of aromatic amines is 1. The maximum Gasteiger partial charge on any atom is 0.0685 e. The molecule has 1 aliphatic rings. The highest BCUT2D eigenvalue weighted by molar-refractivity contribution is 14.1. The molecule has 1 aromatic rings. The first-order chi connectivity index (χ1) is 5.22. The van der Waals surface area contributed by atoms with E-state index in [1.165, 1.54) is 5.69 Å². The predicted molar refractivity (Wildman–Crippen MR) is 53.7 cm³/mol. The first kappa shape index (κ1) is 7.42. The number of hydrogen-bond donors (Lipinski definition) is 2. The van der Waals surface area contributed by atoms with E-state index >= 15 is 0 Å². The first-order valence-corrected chi connectivity index (χ1v) is 4.56. The highest BCUT2D eigenvalue weighted by Crippen LogP contribution is 2.39. The Hall–Kier alpha value is -0.230. The lowest BCUT2D eigenvalue weighted by Gasteiger charge is -2.17. The van der Waals surface area contributed by atoms with E-state index in [9.17, 15) is 0 Å². The van der Waals surface area contributed by atoms with Gasteiger partial charge in [-0.15, -0.1) is 0 Å². The Morgan fingerprint density at radius 1 is 1.73 bits per heavy atom. The molecule has 0 bridgehead atoms. The van der Waals surface area contributed by atoms with E-state index in [1.54, 1.807) is 0 Å². The van der Waals surface area contributed by atoms with Gasteiger partial charge in [-0.25, -0.2) is 0 Å². The minimum absolute atomic E-state index is 0.136. The summed E-state index contributed by atoms with van der Waals surface area (Å²) in [6.45, 7) is 2.13. The minimum atomic E-state index is 0.136. The van der Waals surface area contributed by atoms with Crippen LogP contribution in [0, 0.1) is 0 Å². The van der Waals surface area contributed by atoms with Gasteiger partial charge in [0.1, 0.15) is 0 Å². The summed E-state index contributed by atoms with van der Waals surface area (Å²) < 4.78 is 2.17. The van der Waals surface area contributed by atoms with Crippen LogP contribution in [0.3, 0.4) is 0 Å². The van der Waals surface area contributed by atoms with Crippen LogP contribution in [0.15, 0.2) is 12.3 Å². The zero-order valence-corrected chi connectivity index (χ0v) is 8.37. The number of halogens is 1. The van der Waals surface area contributed by atoms with Crippen LogP contribution in [0.1, 0.15) is 18.7 Å². The van der Waals surface area contributed by atoms with Crippen molar-refractivity contribution in [1.82, 2.24) is 4.98 Å². The molecule has 1 aliphatic heterocycles. The van der Waals surface area contributed by atoms with Crippen molar-refractivity contribution in [3.8, 4) is 0 Å². The summed E-state index contributed by atoms with van der Waals surface area (Å²) in [4.78, 5) is 3.16. The molecule has 2 atom stereocenters. The molecule has 2 heterocycles. The van der Waals surface area contributed by atoms with Gasteiger partial charge in [0.05, 0.1) is 46.3 Å². The van der Waals surface area contributed by atoms with E-state index in [1.807, 2.05) is 6.20 Å². The second-order valence-electron chi connectivity index (χ2n) is 2.85. The maximum absolute atomic E-state index is 5.95. The highest BCUT2D eigenvalue weighted by Gasteiger charge is 2.32. The van der Waals surface area contributed by atoms with Gasteiger partial charge in [-0.2, -0.15) is 0 Å². The number of nitrogens with two attached hydrogens (primary N) is 1. The van der Waals surface area contributed by atoms with Crippen molar-refractivity contribution in [2.45, 2.75) is 19.0 Å². The molecule has 0 aliphatic carbocycles. The Balaban J connectivity index is 2.48. The van der Waals surface area contributed by atoms with Crippen molar-refractivity contribution < 1.29 is 0 Å². The lowest BCUT2D eigenvalue weighted by Crippen LogP contribution is -2.27. The molecule has 2 rings (SSSR count). The highest BCUT2D eigenvalue weighted by atomic mass is 127. The molecule has 60 valence electrons. The Morgan fingerprint density at radius 3 is 3.09 bits per heavy atom. The molecule has 3 nitrogen and oxygen atoms in total. The number of rotatable bonds is 0. The van der Waals surface area contributed by atoms with Crippen LogP contribution >= 0.6 is 22.9 Å². The monoisotopic (exact) mass is 263 g/mol. The van der Waals surface area contributed by atoms with Gasteiger partial charge in [0.15, 0.2) is 0 Å². The molecule has 0 saturated carbocycles. The molecular formula is C7H10IN3. The lowest BCUT2D eigenvalue weighted by atomic mass is 10.1. The van der Waals surface area contributed by atoms with Crippen LogP contribution < -0.4 is 8.85 Å². The van der Waals surface area contributed by atoms with Crippen molar-refractivity contribution in [2.24, 2.45) is 5.73 Å². The van der Waals surface area contributed by atoms with E-state index in [2.05, 4.69) is 44.0 Å². The number of aromatic nitrogens is 1. The second-order valence-corrected chi connectivity index (χ2v) is 3.89.